The Kier molecular flexibility index (Phi) is 3.82. The third-order valence-corrected chi connectivity index (χ3v) is 1.88. The van der Waals surface area contributed by atoms with E-state index in [2.05, 4.69) is 5.16 Å². The van der Waals surface area contributed by atoms with E-state index in [0.29, 0.717) is 23.6 Å². The zero-order valence-corrected chi connectivity index (χ0v) is 8.63. The quantitative estimate of drug-likeness (QED) is 0.859. The maximum Gasteiger partial charge on any atom is 0.150 e. The summed E-state index contributed by atoms with van der Waals surface area (Å²) >= 11 is 0. The average molecular weight is 229 g/mol. The van der Waals surface area contributed by atoms with Crippen LogP contribution in [0.3, 0.4) is 0 Å². The first-order chi connectivity index (χ1) is 6.79. The van der Waals surface area contributed by atoms with Crippen LogP contribution in [0.15, 0.2) is 34.9 Å². The number of halogens is 2. The number of hydrogen-bond acceptors (Lipinski definition) is 3. The highest BCUT2D eigenvalue weighted by Gasteiger charge is 2.05. The summed E-state index contributed by atoms with van der Waals surface area (Å²) in [5.41, 5.74) is 6.65. The van der Waals surface area contributed by atoms with Gasteiger partial charge in [0.05, 0.1) is 6.54 Å². The van der Waals surface area contributed by atoms with Crippen LogP contribution >= 0.6 is 12.4 Å². The predicted molar refractivity (Wildman–Crippen MR) is 57.0 cm³/mol. The fourth-order valence-electron chi connectivity index (χ4n) is 1.19. The summed E-state index contributed by atoms with van der Waals surface area (Å²) in [6.07, 6.45) is 0. The maximum absolute atomic E-state index is 12.9. The molecule has 15 heavy (non-hydrogen) atoms. The zero-order chi connectivity index (χ0) is 9.97. The first-order valence-corrected chi connectivity index (χ1v) is 4.21. The molecule has 80 valence electrons. The summed E-state index contributed by atoms with van der Waals surface area (Å²) in [5, 5.41) is 3.78. The van der Waals surface area contributed by atoms with Gasteiger partial charge < -0.3 is 10.3 Å². The summed E-state index contributed by atoms with van der Waals surface area (Å²) in [4.78, 5) is 0. The molecule has 1 heterocycles. The molecule has 0 saturated carbocycles. The number of nitrogens with zero attached hydrogens (tertiary/aromatic N) is 1. The minimum atomic E-state index is -0.292. The molecule has 0 amide bonds. The van der Waals surface area contributed by atoms with E-state index in [1.165, 1.54) is 12.1 Å². The topological polar surface area (TPSA) is 52.0 Å². The normalized spacial score (nSPS) is 9.73. The fraction of sp³-hybridized carbons (Fsp3) is 0.100. The van der Waals surface area contributed by atoms with Gasteiger partial charge in [0.25, 0.3) is 0 Å². The molecule has 0 unspecified atom stereocenters. The van der Waals surface area contributed by atoms with E-state index in [1.54, 1.807) is 18.2 Å². The van der Waals surface area contributed by atoms with E-state index in [4.69, 9.17) is 10.3 Å². The third-order valence-electron chi connectivity index (χ3n) is 1.88. The Morgan fingerprint density at radius 2 is 2.13 bits per heavy atom. The zero-order valence-electron chi connectivity index (χ0n) is 7.81. The molecule has 2 aromatic rings. The molecule has 0 aliphatic rings. The molecule has 0 radical (unpaired) electrons. The van der Waals surface area contributed by atoms with Crippen LogP contribution in [0.1, 0.15) is 5.76 Å². The Labute approximate surface area is 92.5 Å². The summed E-state index contributed by atoms with van der Waals surface area (Å²) in [6, 6.07) is 7.88. The highest BCUT2D eigenvalue weighted by atomic mass is 35.5. The van der Waals surface area contributed by atoms with E-state index >= 15 is 0 Å². The van der Waals surface area contributed by atoms with Crippen molar-refractivity contribution < 1.29 is 8.91 Å². The highest BCUT2D eigenvalue weighted by Crippen LogP contribution is 2.19. The van der Waals surface area contributed by atoms with Crippen molar-refractivity contribution >= 4 is 12.4 Å². The monoisotopic (exact) mass is 228 g/mol. The molecule has 0 fully saturated rings. The molecule has 0 aliphatic heterocycles. The van der Waals surface area contributed by atoms with Gasteiger partial charge in [0.1, 0.15) is 11.5 Å². The largest absolute Gasteiger partial charge is 0.359 e. The van der Waals surface area contributed by atoms with E-state index in [9.17, 15) is 4.39 Å². The number of nitrogens with two attached hydrogens (primary N) is 1. The Bertz CT molecular complexity index is 444. The van der Waals surface area contributed by atoms with Crippen LogP contribution in [0.25, 0.3) is 11.3 Å². The van der Waals surface area contributed by atoms with Crippen molar-refractivity contribution in [3.8, 4) is 11.3 Å². The summed E-state index contributed by atoms with van der Waals surface area (Å²) in [5.74, 6) is 0.295. The third kappa shape index (κ3) is 2.55. The van der Waals surface area contributed by atoms with Crippen LogP contribution in [0.4, 0.5) is 4.39 Å². The Morgan fingerprint density at radius 3 is 2.73 bits per heavy atom. The number of aromatic nitrogens is 1. The van der Waals surface area contributed by atoms with Gasteiger partial charge in [0.15, 0.2) is 5.76 Å². The van der Waals surface area contributed by atoms with Gasteiger partial charge in [-0.1, -0.05) is 17.3 Å². The molecule has 1 aromatic carbocycles. The van der Waals surface area contributed by atoms with Crippen molar-refractivity contribution in [2.75, 3.05) is 0 Å². The van der Waals surface area contributed by atoms with E-state index < -0.39 is 0 Å². The van der Waals surface area contributed by atoms with Crippen molar-refractivity contribution in [3.05, 3.63) is 41.9 Å². The number of benzene rings is 1. The molecule has 5 heteroatoms. The molecular weight excluding hydrogens is 219 g/mol. The van der Waals surface area contributed by atoms with Gasteiger partial charge in [0, 0.05) is 11.6 Å². The highest BCUT2D eigenvalue weighted by molar-refractivity contribution is 5.85. The maximum atomic E-state index is 12.9. The van der Waals surface area contributed by atoms with Crippen LogP contribution in [-0.2, 0) is 6.54 Å². The summed E-state index contributed by atoms with van der Waals surface area (Å²) < 4.78 is 17.8. The molecule has 0 bridgehead atoms. The Balaban J connectivity index is 0.00000112. The summed E-state index contributed by atoms with van der Waals surface area (Å²) in [6.45, 7) is 0.294. The van der Waals surface area contributed by atoms with Crippen LogP contribution in [0.2, 0.25) is 0 Å². The van der Waals surface area contributed by atoms with Crippen molar-refractivity contribution in [1.29, 1.82) is 0 Å². The number of rotatable bonds is 2. The second-order valence-electron chi connectivity index (χ2n) is 2.89. The SMILES string of the molecule is Cl.NCc1cc(-c2cccc(F)c2)no1. The van der Waals surface area contributed by atoms with Gasteiger partial charge in [-0.3, -0.25) is 0 Å². The van der Waals surface area contributed by atoms with Gasteiger partial charge in [-0.2, -0.15) is 0 Å². The van der Waals surface area contributed by atoms with Crippen LogP contribution < -0.4 is 5.73 Å². The average Bonchev–Trinajstić information content (AvgIpc) is 2.66. The van der Waals surface area contributed by atoms with Crippen LogP contribution in [-0.4, -0.2) is 5.16 Å². The fourth-order valence-corrected chi connectivity index (χ4v) is 1.19. The smallest absolute Gasteiger partial charge is 0.150 e. The molecule has 2 rings (SSSR count). The Hall–Kier alpha value is -1.39. The first kappa shape index (κ1) is 11.7. The van der Waals surface area contributed by atoms with Crippen molar-refractivity contribution in [2.24, 2.45) is 5.73 Å². The standard InChI is InChI=1S/C10H9FN2O.ClH/c11-8-3-1-2-7(4-8)10-5-9(6-12)14-13-10;/h1-5H,6,12H2;1H. The van der Waals surface area contributed by atoms with E-state index in [1.807, 2.05) is 0 Å². The van der Waals surface area contributed by atoms with Crippen LogP contribution in [0.5, 0.6) is 0 Å². The molecule has 0 aliphatic carbocycles. The molecular formula is C10H10ClFN2O. The van der Waals surface area contributed by atoms with E-state index in [-0.39, 0.29) is 18.2 Å². The molecule has 2 N–H and O–H groups in total. The van der Waals surface area contributed by atoms with Crippen molar-refractivity contribution in [1.82, 2.24) is 5.16 Å². The van der Waals surface area contributed by atoms with Gasteiger partial charge in [-0.25, -0.2) is 4.39 Å². The van der Waals surface area contributed by atoms with Gasteiger partial charge >= 0.3 is 0 Å². The summed E-state index contributed by atoms with van der Waals surface area (Å²) in [7, 11) is 0. The number of hydrogen-bond donors (Lipinski definition) is 1. The first-order valence-electron chi connectivity index (χ1n) is 4.21. The van der Waals surface area contributed by atoms with Crippen molar-refractivity contribution in [2.45, 2.75) is 6.54 Å². The van der Waals surface area contributed by atoms with Gasteiger partial charge in [0.2, 0.25) is 0 Å². The molecule has 0 saturated heterocycles. The van der Waals surface area contributed by atoms with Crippen LogP contribution in [0, 0.1) is 5.82 Å². The van der Waals surface area contributed by atoms with E-state index in [0.717, 1.165) is 0 Å². The molecule has 0 atom stereocenters. The minimum Gasteiger partial charge on any atom is -0.359 e. The van der Waals surface area contributed by atoms with Gasteiger partial charge in [-0.05, 0) is 12.1 Å². The molecule has 1 aromatic heterocycles. The second-order valence-corrected chi connectivity index (χ2v) is 2.89. The lowest BCUT2D eigenvalue weighted by Gasteiger charge is -1.93. The molecule has 3 nitrogen and oxygen atoms in total. The molecule has 0 spiro atoms. The lowest BCUT2D eigenvalue weighted by molar-refractivity contribution is 0.387. The minimum absolute atomic E-state index is 0. The predicted octanol–water partition coefficient (Wildman–Crippen LogP) is 2.36. The Morgan fingerprint density at radius 1 is 1.33 bits per heavy atom. The van der Waals surface area contributed by atoms with Gasteiger partial charge in [-0.15, -0.1) is 12.4 Å². The lowest BCUT2D eigenvalue weighted by Crippen LogP contribution is -1.92. The lowest BCUT2D eigenvalue weighted by atomic mass is 10.1. The second kappa shape index (κ2) is 4.91. The van der Waals surface area contributed by atoms with Crippen molar-refractivity contribution in [3.63, 3.8) is 0 Å².